The van der Waals surface area contributed by atoms with Crippen molar-refractivity contribution in [1.82, 2.24) is 0 Å². The summed E-state index contributed by atoms with van der Waals surface area (Å²) in [4.78, 5) is 0. The summed E-state index contributed by atoms with van der Waals surface area (Å²) in [7, 11) is 0. The molecule has 1 aliphatic heterocycles. The van der Waals surface area contributed by atoms with Crippen LogP contribution in [-0.2, 0) is 0 Å². The summed E-state index contributed by atoms with van der Waals surface area (Å²) in [6.45, 7) is 0.341. The number of halogens is 1. The molecule has 2 atom stereocenters. The van der Waals surface area contributed by atoms with Gasteiger partial charge in [0.1, 0.15) is 11.6 Å². The molecule has 0 saturated carbocycles. The molecule has 3 N–H and O–H groups in total. The van der Waals surface area contributed by atoms with Gasteiger partial charge in [0.2, 0.25) is 0 Å². The molecule has 0 amide bonds. The number of aliphatic hydroxyl groups is 1. The average Bonchev–Trinajstić information content (AvgIpc) is 2.20. The summed E-state index contributed by atoms with van der Waals surface area (Å²) >= 11 is 0. The van der Waals surface area contributed by atoms with E-state index in [1.54, 1.807) is 6.07 Å². The van der Waals surface area contributed by atoms with Gasteiger partial charge in [-0.25, -0.2) is 4.39 Å². The number of hydrogen-bond acceptors (Lipinski definition) is 3. The first-order valence-electron chi connectivity index (χ1n) is 4.51. The third-order valence-electron chi connectivity index (χ3n) is 2.53. The topological polar surface area (TPSA) is 55.5 Å². The Morgan fingerprint density at radius 1 is 1.57 bits per heavy atom. The Labute approximate surface area is 81.3 Å². The lowest BCUT2D eigenvalue weighted by Gasteiger charge is -2.29. The highest BCUT2D eigenvalue weighted by Crippen LogP contribution is 2.33. The second kappa shape index (κ2) is 3.55. The van der Waals surface area contributed by atoms with Gasteiger partial charge < -0.3 is 15.6 Å². The summed E-state index contributed by atoms with van der Waals surface area (Å²) in [6, 6.07) is 3.92. The van der Waals surface area contributed by atoms with E-state index in [0.29, 0.717) is 17.9 Å². The van der Waals surface area contributed by atoms with Gasteiger partial charge in [0.25, 0.3) is 0 Å². The number of hydrogen-bond donors (Lipinski definition) is 2. The normalized spacial score (nSPS) is 25.4. The molecule has 0 fully saturated rings. The smallest absolute Gasteiger partial charge is 0.124 e. The van der Waals surface area contributed by atoms with E-state index in [-0.39, 0.29) is 24.4 Å². The molecular weight excluding hydrogens is 185 g/mol. The van der Waals surface area contributed by atoms with Crippen LogP contribution >= 0.6 is 0 Å². The second-order valence-corrected chi connectivity index (χ2v) is 3.46. The predicted molar refractivity (Wildman–Crippen MR) is 49.4 cm³/mol. The van der Waals surface area contributed by atoms with Gasteiger partial charge in [0, 0.05) is 17.5 Å². The molecule has 76 valence electrons. The Balaban J connectivity index is 2.38. The number of benzene rings is 1. The standard InChI is InChI=1S/C10H12FNO2/c11-7-1-2-9-8(3-7)10(12)6(4-13)5-14-9/h1-3,6,10,13H,4-5,12H2/t6-,10-/m1/s1. The van der Waals surface area contributed by atoms with E-state index in [1.807, 2.05) is 0 Å². The highest BCUT2D eigenvalue weighted by atomic mass is 19.1. The van der Waals surface area contributed by atoms with Gasteiger partial charge in [0.15, 0.2) is 0 Å². The van der Waals surface area contributed by atoms with Crippen molar-refractivity contribution in [1.29, 1.82) is 0 Å². The van der Waals surface area contributed by atoms with E-state index < -0.39 is 0 Å². The van der Waals surface area contributed by atoms with Crippen molar-refractivity contribution >= 4 is 0 Å². The third kappa shape index (κ3) is 1.47. The van der Waals surface area contributed by atoms with E-state index in [0.717, 1.165) is 0 Å². The highest BCUT2D eigenvalue weighted by Gasteiger charge is 2.27. The van der Waals surface area contributed by atoms with Crippen LogP contribution in [0.1, 0.15) is 11.6 Å². The fourth-order valence-electron chi connectivity index (χ4n) is 1.63. The first-order chi connectivity index (χ1) is 6.72. The lowest BCUT2D eigenvalue weighted by molar-refractivity contribution is 0.124. The number of nitrogens with two attached hydrogens (primary N) is 1. The van der Waals surface area contributed by atoms with E-state index >= 15 is 0 Å². The van der Waals surface area contributed by atoms with Crippen molar-refractivity contribution in [3.05, 3.63) is 29.6 Å². The molecule has 1 aromatic rings. The summed E-state index contributed by atoms with van der Waals surface area (Å²) in [6.07, 6.45) is 0. The molecule has 0 bridgehead atoms. The van der Waals surface area contributed by atoms with E-state index in [9.17, 15) is 4.39 Å². The molecule has 2 rings (SSSR count). The lowest BCUT2D eigenvalue weighted by atomic mass is 9.92. The molecular formula is C10H12FNO2. The van der Waals surface area contributed by atoms with Crippen molar-refractivity contribution in [2.24, 2.45) is 11.7 Å². The lowest BCUT2D eigenvalue weighted by Crippen LogP contribution is -2.33. The third-order valence-corrected chi connectivity index (χ3v) is 2.53. The maximum atomic E-state index is 12.9. The van der Waals surface area contributed by atoms with Gasteiger partial charge >= 0.3 is 0 Å². The monoisotopic (exact) mass is 197 g/mol. The molecule has 1 aromatic carbocycles. The summed E-state index contributed by atoms with van der Waals surface area (Å²) in [5.41, 5.74) is 6.50. The first kappa shape index (κ1) is 9.43. The van der Waals surface area contributed by atoms with E-state index in [1.165, 1.54) is 12.1 Å². The largest absolute Gasteiger partial charge is 0.493 e. The predicted octanol–water partition coefficient (Wildman–Crippen LogP) is 0.826. The molecule has 0 radical (unpaired) electrons. The molecule has 0 unspecified atom stereocenters. The van der Waals surface area contributed by atoms with Crippen LogP contribution in [-0.4, -0.2) is 18.3 Å². The number of aliphatic hydroxyl groups excluding tert-OH is 1. The zero-order chi connectivity index (χ0) is 10.1. The van der Waals surface area contributed by atoms with Crippen molar-refractivity contribution in [2.75, 3.05) is 13.2 Å². The minimum Gasteiger partial charge on any atom is -0.493 e. The molecule has 4 heteroatoms. The van der Waals surface area contributed by atoms with Gasteiger partial charge in [-0.2, -0.15) is 0 Å². The van der Waals surface area contributed by atoms with Gasteiger partial charge in [-0.15, -0.1) is 0 Å². The van der Waals surface area contributed by atoms with Crippen LogP contribution in [0.25, 0.3) is 0 Å². The Kier molecular flexibility index (Phi) is 2.39. The molecule has 3 nitrogen and oxygen atoms in total. The quantitative estimate of drug-likeness (QED) is 0.701. The van der Waals surface area contributed by atoms with Crippen LogP contribution in [0.2, 0.25) is 0 Å². The van der Waals surface area contributed by atoms with Gasteiger partial charge in [0.05, 0.1) is 13.2 Å². The van der Waals surface area contributed by atoms with E-state index in [2.05, 4.69) is 0 Å². The Morgan fingerprint density at radius 3 is 3.07 bits per heavy atom. The SMILES string of the molecule is N[C@H]1c2cc(F)ccc2OC[C@H]1CO. The van der Waals surface area contributed by atoms with Crippen LogP contribution in [0.4, 0.5) is 4.39 Å². The average molecular weight is 197 g/mol. The molecule has 0 spiro atoms. The molecule has 0 aliphatic carbocycles. The number of ether oxygens (including phenoxy) is 1. The minimum atomic E-state index is -0.348. The fourth-order valence-corrected chi connectivity index (χ4v) is 1.63. The molecule has 0 saturated heterocycles. The van der Waals surface area contributed by atoms with Crippen molar-refractivity contribution in [2.45, 2.75) is 6.04 Å². The van der Waals surface area contributed by atoms with Crippen molar-refractivity contribution in [3.8, 4) is 5.75 Å². The number of rotatable bonds is 1. The van der Waals surface area contributed by atoms with Crippen LogP contribution < -0.4 is 10.5 Å². The first-order valence-corrected chi connectivity index (χ1v) is 4.51. The fraction of sp³-hybridized carbons (Fsp3) is 0.400. The number of fused-ring (bicyclic) bond motifs is 1. The van der Waals surface area contributed by atoms with E-state index in [4.69, 9.17) is 15.6 Å². The van der Waals surface area contributed by atoms with Crippen LogP contribution in [0.15, 0.2) is 18.2 Å². The van der Waals surface area contributed by atoms with Crippen molar-refractivity contribution < 1.29 is 14.2 Å². The Morgan fingerprint density at radius 2 is 2.36 bits per heavy atom. The summed E-state index contributed by atoms with van der Waals surface area (Å²) < 4.78 is 18.3. The molecule has 14 heavy (non-hydrogen) atoms. The van der Waals surface area contributed by atoms with Gasteiger partial charge in [-0.3, -0.25) is 0 Å². The maximum absolute atomic E-state index is 12.9. The Hall–Kier alpha value is -1.13. The summed E-state index contributed by atoms with van der Waals surface area (Å²) in [5.74, 6) is 0.134. The maximum Gasteiger partial charge on any atom is 0.124 e. The zero-order valence-electron chi connectivity index (χ0n) is 7.61. The van der Waals surface area contributed by atoms with Crippen LogP contribution in [0.3, 0.4) is 0 Å². The van der Waals surface area contributed by atoms with Crippen molar-refractivity contribution in [3.63, 3.8) is 0 Å². The summed E-state index contributed by atoms with van der Waals surface area (Å²) in [5, 5.41) is 9.00. The highest BCUT2D eigenvalue weighted by molar-refractivity contribution is 5.38. The molecule has 1 heterocycles. The van der Waals surface area contributed by atoms with Gasteiger partial charge in [-0.1, -0.05) is 0 Å². The molecule has 1 aliphatic rings. The molecule has 0 aromatic heterocycles. The van der Waals surface area contributed by atoms with Crippen LogP contribution in [0, 0.1) is 11.7 Å². The second-order valence-electron chi connectivity index (χ2n) is 3.46. The van der Waals surface area contributed by atoms with Crippen LogP contribution in [0.5, 0.6) is 5.75 Å². The Bertz CT molecular complexity index is 343. The van der Waals surface area contributed by atoms with Gasteiger partial charge in [-0.05, 0) is 18.2 Å². The zero-order valence-corrected chi connectivity index (χ0v) is 7.61. The minimum absolute atomic E-state index is 0.0445.